The molecule has 0 spiro atoms. The Morgan fingerprint density at radius 2 is 1.69 bits per heavy atom. The molecule has 86 valence electrons. The molecule has 0 fully saturated rings. The molecule has 0 radical (unpaired) electrons. The minimum atomic E-state index is -4.46. The molecule has 0 amide bonds. The van der Waals surface area contributed by atoms with Crippen LogP contribution in [0.4, 0.5) is 13.2 Å². The van der Waals surface area contributed by atoms with Crippen molar-refractivity contribution in [1.29, 1.82) is 0 Å². The first-order valence-electron chi connectivity index (χ1n) is 3.97. The molecule has 6 heteroatoms. The minimum absolute atomic E-state index is 0.103. The van der Waals surface area contributed by atoms with E-state index in [1.54, 1.807) is 0 Å². The van der Waals surface area contributed by atoms with Crippen molar-refractivity contribution in [3.63, 3.8) is 0 Å². The fourth-order valence-corrected chi connectivity index (χ4v) is 1.70. The van der Waals surface area contributed by atoms with E-state index < -0.39 is 11.7 Å². The van der Waals surface area contributed by atoms with E-state index in [-0.39, 0.29) is 15.6 Å². The van der Waals surface area contributed by atoms with Crippen molar-refractivity contribution in [2.24, 2.45) is 0 Å². The highest BCUT2D eigenvalue weighted by Crippen LogP contribution is 2.35. The lowest BCUT2D eigenvalue weighted by Crippen LogP contribution is -2.05. The van der Waals surface area contributed by atoms with E-state index in [2.05, 4.69) is 27.8 Å². The van der Waals surface area contributed by atoms with Gasteiger partial charge >= 0.3 is 6.18 Å². The Morgan fingerprint density at radius 1 is 1.19 bits per heavy atom. The van der Waals surface area contributed by atoms with Crippen LogP contribution in [0.2, 0.25) is 10.0 Å². The molecule has 0 aromatic heterocycles. The molecule has 0 unspecified atom stereocenters. The standard InChI is InChI=1S/C10H4BrCl2F3/c11-3-1-2-7-8(12)4-6(5-9(7)13)10(14,15)16/h4-5H,3H2. The summed E-state index contributed by atoms with van der Waals surface area (Å²) in [5.74, 6) is 5.20. The van der Waals surface area contributed by atoms with Crippen LogP contribution < -0.4 is 0 Å². The Labute approximate surface area is 109 Å². The summed E-state index contributed by atoms with van der Waals surface area (Å²) in [6.07, 6.45) is -4.46. The lowest BCUT2D eigenvalue weighted by atomic mass is 10.1. The van der Waals surface area contributed by atoms with Gasteiger partial charge in [-0.1, -0.05) is 51.0 Å². The van der Waals surface area contributed by atoms with Crippen LogP contribution in [-0.2, 0) is 6.18 Å². The molecule has 0 N–H and O–H groups in total. The third-order valence-electron chi connectivity index (χ3n) is 1.65. The number of halogens is 6. The van der Waals surface area contributed by atoms with E-state index in [4.69, 9.17) is 23.2 Å². The Balaban J connectivity index is 3.28. The largest absolute Gasteiger partial charge is 0.416 e. The minimum Gasteiger partial charge on any atom is -0.166 e. The average Bonchev–Trinajstić information content (AvgIpc) is 2.15. The van der Waals surface area contributed by atoms with Crippen LogP contribution in [0.3, 0.4) is 0 Å². The van der Waals surface area contributed by atoms with Gasteiger partial charge in [0.25, 0.3) is 0 Å². The zero-order chi connectivity index (χ0) is 12.3. The Kier molecular flexibility index (Phi) is 4.54. The lowest BCUT2D eigenvalue weighted by molar-refractivity contribution is -0.137. The maximum Gasteiger partial charge on any atom is 0.416 e. The molecule has 0 bridgehead atoms. The van der Waals surface area contributed by atoms with Crippen molar-refractivity contribution in [1.82, 2.24) is 0 Å². The number of hydrogen-bond donors (Lipinski definition) is 0. The maximum absolute atomic E-state index is 12.4. The zero-order valence-electron chi connectivity index (χ0n) is 7.63. The maximum atomic E-state index is 12.4. The number of rotatable bonds is 0. The molecule has 0 atom stereocenters. The van der Waals surface area contributed by atoms with Gasteiger partial charge in [0, 0.05) is 0 Å². The van der Waals surface area contributed by atoms with E-state index in [9.17, 15) is 13.2 Å². The Hall–Kier alpha value is -0.370. The van der Waals surface area contributed by atoms with Crippen molar-refractivity contribution in [3.8, 4) is 11.8 Å². The van der Waals surface area contributed by atoms with Crippen LogP contribution in [0.1, 0.15) is 11.1 Å². The lowest BCUT2D eigenvalue weighted by Gasteiger charge is -2.09. The molecule has 1 aromatic carbocycles. The van der Waals surface area contributed by atoms with E-state index in [0.29, 0.717) is 5.33 Å². The van der Waals surface area contributed by atoms with Crippen molar-refractivity contribution in [3.05, 3.63) is 33.3 Å². The second-order valence-corrected chi connectivity index (χ2v) is 4.12. The van der Waals surface area contributed by atoms with Crippen LogP contribution in [0.25, 0.3) is 0 Å². The summed E-state index contributed by atoms with van der Waals surface area (Å²) in [4.78, 5) is 0. The fourth-order valence-electron chi connectivity index (χ4n) is 0.978. The predicted molar refractivity (Wildman–Crippen MR) is 62.1 cm³/mol. The van der Waals surface area contributed by atoms with Gasteiger partial charge < -0.3 is 0 Å². The molecule has 0 aliphatic carbocycles. The van der Waals surface area contributed by atoms with E-state index in [0.717, 1.165) is 12.1 Å². The molecular formula is C10H4BrCl2F3. The van der Waals surface area contributed by atoms with Gasteiger partial charge in [-0.3, -0.25) is 0 Å². The van der Waals surface area contributed by atoms with Crippen LogP contribution >= 0.6 is 39.1 Å². The van der Waals surface area contributed by atoms with Gasteiger partial charge in [-0.25, -0.2) is 0 Å². The Morgan fingerprint density at radius 3 is 2.06 bits per heavy atom. The summed E-state index contributed by atoms with van der Waals surface area (Å²) < 4.78 is 37.1. The molecule has 0 saturated heterocycles. The first-order valence-corrected chi connectivity index (χ1v) is 5.85. The SMILES string of the molecule is FC(F)(F)c1cc(Cl)c(C#CCBr)c(Cl)c1. The van der Waals surface area contributed by atoms with E-state index in [1.165, 1.54) is 0 Å². The fraction of sp³-hybridized carbons (Fsp3) is 0.200. The van der Waals surface area contributed by atoms with Crippen molar-refractivity contribution < 1.29 is 13.2 Å². The first-order chi connectivity index (χ1) is 7.36. The molecule has 0 heterocycles. The van der Waals surface area contributed by atoms with Gasteiger partial charge in [0.05, 0.1) is 26.5 Å². The molecule has 0 saturated carbocycles. The monoisotopic (exact) mass is 330 g/mol. The van der Waals surface area contributed by atoms with Crippen molar-refractivity contribution in [2.75, 3.05) is 5.33 Å². The van der Waals surface area contributed by atoms with Gasteiger partial charge in [0.2, 0.25) is 0 Å². The quantitative estimate of drug-likeness (QED) is 0.475. The highest BCUT2D eigenvalue weighted by Gasteiger charge is 2.31. The number of hydrogen-bond acceptors (Lipinski definition) is 0. The van der Waals surface area contributed by atoms with Crippen molar-refractivity contribution in [2.45, 2.75) is 6.18 Å². The summed E-state index contributed by atoms with van der Waals surface area (Å²) in [7, 11) is 0. The molecule has 16 heavy (non-hydrogen) atoms. The molecule has 1 aromatic rings. The zero-order valence-corrected chi connectivity index (χ0v) is 10.7. The van der Waals surface area contributed by atoms with Crippen LogP contribution in [0.5, 0.6) is 0 Å². The molecule has 0 aliphatic rings. The molecular weight excluding hydrogens is 328 g/mol. The molecule has 0 nitrogen and oxygen atoms in total. The predicted octanol–water partition coefficient (Wildman–Crippen LogP) is 4.76. The smallest absolute Gasteiger partial charge is 0.166 e. The molecule has 1 rings (SSSR count). The first kappa shape index (κ1) is 13.7. The summed E-state index contributed by atoms with van der Waals surface area (Å²) in [5, 5.41) is 0.183. The molecule has 0 aliphatic heterocycles. The second-order valence-electron chi connectivity index (χ2n) is 2.75. The Bertz CT molecular complexity index is 434. The van der Waals surface area contributed by atoms with Gasteiger partial charge in [0.1, 0.15) is 0 Å². The summed E-state index contributed by atoms with van der Waals surface area (Å²) in [5.41, 5.74) is -0.678. The highest BCUT2D eigenvalue weighted by molar-refractivity contribution is 9.09. The number of alkyl halides is 4. The van der Waals surface area contributed by atoms with Crippen molar-refractivity contribution >= 4 is 39.1 Å². The van der Waals surface area contributed by atoms with Crippen LogP contribution in [0.15, 0.2) is 12.1 Å². The third-order valence-corrected chi connectivity index (χ3v) is 2.53. The normalized spacial score (nSPS) is 10.9. The topological polar surface area (TPSA) is 0 Å². The second kappa shape index (κ2) is 5.31. The van der Waals surface area contributed by atoms with E-state index >= 15 is 0 Å². The van der Waals surface area contributed by atoms with Crippen LogP contribution in [-0.4, -0.2) is 5.33 Å². The number of benzene rings is 1. The average molecular weight is 332 g/mol. The van der Waals surface area contributed by atoms with Crippen LogP contribution in [0, 0.1) is 11.8 Å². The summed E-state index contributed by atoms with van der Waals surface area (Å²) in [6, 6.07) is 1.62. The highest BCUT2D eigenvalue weighted by atomic mass is 79.9. The summed E-state index contributed by atoms with van der Waals surface area (Å²) >= 11 is 14.4. The third kappa shape index (κ3) is 3.31. The van der Waals surface area contributed by atoms with E-state index in [1.807, 2.05) is 0 Å². The van der Waals surface area contributed by atoms with Gasteiger partial charge in [-0.05, 0) is 12.1 Å². The van der Waals surface area contributed by atoms with Gasteiger partial charge in [-0.15, -0.1) is 0 Å². The van der Waals surface area contributed by atoms with Gasteiger partial charge in [-0.2, -0.15) is 13.2 Å². The summed E-state index contributed by atoms with van der Waals surface area (Å²) in [6.45, 7) is 0. The van der Waals surface area contributed by atoms with Gasteiger partial charge in [0.15, 0.2) is 0 Å².